The Hall–Kier alpha value is -2.44. The fourth-order valence-corrected chi connectivity index (χ4v) is 2.38. The minimum Gasteiger partial charge on any atom is -0.492 e. The van der Waals surface area contributed by atoms with Crippen LogP contribution in [0.15, 0.2) is 24.3 Å². The Morgan fingerprint density at radius 3 is 2.33 bits per heavy atom. The highest BCUT2D eigenvalue weighted by Gasteiger charge is 2.24. The third-order valence-electron chi connectivity index (χ3n) is 3.76. The van der Waals surface area contributed by atoms with Crippen LogP contribution in [0, 0.1) is 6.92 Å². The van der Waals surface area contributed by atoms with Gasteiger partial charge in [0.05, 0.1) is 13.2 Å². The first kappa shape index (κ1) is 17.9. The summed E-state index contributed by atoms with van der Waals surface area (Å²) in [5.41, 5.74) is 1.18. The highest BCUT2D eigenvalue weighted by atomic mass is 16.6. The predicted molar refractivity (Wildman–Crippen MR) is 90.2 cm³/mol. The third kappa shape index (κ3) is 5.33. The largest absolute Gasteiger partial charge is 0.492 e. The van der Waals surface area contributed by atoms with Crippen molar-refractivity contribution in [2.45, 2.75) is 13.8 Å². The summed E-state index contributed by atoms with van der Waals surface area (Å²) in [5.74, 6) is 0.790. The molecule has 1 N–H and O–H groups in total. The molecule has 1 aromatic rings. The number of nitrogens with one attached hydrogen (secondary N) is 1. The predicted octanol–water partition coefficient (Wildman–Crippen LogP) is 1.86. The molecule has 0 bridgehead atoms. The van der Waals surface area contributed by atoms with E-state index in [-0.39, 0.29) is 12.1 Å². The summed E-state index contributed by atoms with van der Waals surface area (Å²) in [6, 6.07) is 7.65. The molecule has 1 aromatic carbocycles. The smallest absolute Gasteiger partial charge is 0.409 e. The van der Waals surface area contributed by atoms with E-state index in [0.29, 0.717) is 45.9 Å². The lowest BCUT2D eigenvalue weighted by molar-refractivity contribution is 0.0851. The quantitative estimate of drug-likeness (QED) is 0.834. The zero-order valence-electron chi connectivity index (χ0n) is 14.3. The van der Waals surface area contributed by atoms with Crippen molar-refractivity contribution in [3.05, 3.63) is 29.8 Å². The molecule has 7 nitrogen and oxygen atoms in total. The topological polar surface area (TPSA) is 71.1 Å². The van der Waals surface area contributed by atoms with Gasteiger partial charge >= 0.3 is 12.1 Å². The number of carbonyl (C=O) groups excluding carboxylic acids is 2. The number of hydrogen-bond donors (Lipinski definition) is 1. The Kier molecular flexibility index (Phi) is 6.72. The third-order valence-corrected chi connectivity index (χ3v) is 3.76. The number of benzene rings is 1. The SMILES string of the molecule is CCOC(=O)N1CCN(C(=O)NCCOc2ccc(C)cc2)CC1. The van der Waals surface area contributed by atoms with Crippen LogP contribution >= 0.6 is 0 Å². The van der Waals surface area contributed by atoms with Crippen molar-refractivity contribution in [3.63, 3.8) is 0 Å². The van der Waals surface area contributed by atoms with E-state index >= 15 is 0 Å². The number of piperazine rings is 1. The summed E-state index contributed by atoms with van der Waals surface area (Å²) in [5, 5.41) is 2.83. The number of urea groups is 1. The fourth-order valence-electron chi connectivity index (χ4n) is 2.38. The van der Waals surface area contributed by atoms with Gasteiger partial charge in [-0.15, -0.1) is 0 Å². The van der Waals surface area contributed by atoms with Crippen LogP contribution in [0.3, 0.4) is 0 Å². The summed E-state index contributed by atoms with van der Waals surface area (Å²) in [6.07, 6.45) is -0.316. The lowest BCUT2D eigenvalue weighted by atomic mass is 10.2. The first-order valence-electron chi connectivity index (χ1n) is 8.24. The van der Waals surface area contributed by atoms with E-state index in [9.17, 15) is 9.59 Å². The van der Waals surface area contributed by atoms with Gasteiger partial charge < -0.3 is 24.6 Å². The molecular formula is C17H25N3O4. The molecule has 7 heteroatoms. The van der Waals surface area contributed by atoms with Crippen LogP contribution in [0.1, 0.15) is 12.5 Å². The van der Waals surface area contributed by atoms with Gasteiger partial charge in [-0.3, -0.25) is 0 Å². The molecule has 2 rings (SSSR count). The Labute approximate surface area is 142 Å². The maximum atomic E-state index is 12.1. The molecule has 0 radical (unpaired) electrons. The van der Waals surface area contributed by atoms with Crippen LogP contribution in [-0.4, -0.2) is 67.9 Å². The lowest BCUT2D eigenvalue weighted by Crippen LogP contribution is -2.53. The molecule has 0 aromatic heterocycles. The van der Waals surface area contributed by atoms with Gasteiger partial charge in [-0.1, -0.05) is 17.7 Å². The van der Waals surface area contributed by atoms with Crippen molar-refractivity contribution >= 4 is 12.1 Å². The van der Waals surface area contributed by atoms with Gasteiger partial charge in [-0.2, -0.15) is 0 Å². The Morgan fingerprint density at radius 1 is 1.08 bits per heavy atom. The van der Waals surface area contributed by atoms with E-state index < -0.39 is 0 Å². The molecule has 0 spiro atoms. The van der Waals surface area contributed by atoms with Crippen molar-refractivity contribution in [1.82, 2.24) is 15.1 Å². The maximum absolute atomic E-state index is 12.1. The first-order valence-corrected chi connectivity index (χ1v) is 8.24. The minimum atomic E-state index is -0.316. The number of hydrogen-bond acceptors (Lipinski definition) is 4. The van der Waals surface area contributed by atoms with Gasteiger partial charge in [0.2, 0.25) is 0 Å². The molecule has 132 valence electrons. The summed E-state index contributed by atoms with van der Waals surface area (Å²) in [4.78, 5) is 27.0. The van der Waals surface area contributed by atoms with Gasteiger partial charge in [0.15, 0.2) is 0 Å². The van der Waals surface area contributed by atoms with E-state index in [2.05, 4.69) is 5.32 Å². The van der Waals surface area contributed by atoms with E-state index in [4.69, 9.17) is 9.47 Å². The summed E-state index contributed by atoms with van der Waals surface area (Å²) >= 11 is 0. The molecular weight excluding hydrogens is 310 g/mol. The Morgan fingerprint density at radius 2 is 1.71 bits per heavy atom. The normalized spacial score (nSPS) is 14.2. The Balaban J connectivity index is 1.63. The molecule has 24 heavy (non-hydrogen) atoms. The van der Waals surface area contributed by atoms with Crippen LogP contribution in [0.2, 0.25) is 0 Å². The molecule has 1 aliphatic heterocycles. The van der Waals surface area contributed by atoms with Crippen LogP contribution < -0.4 is 10.1 Å². The van der Waals surface area contributed by atoms with Crippen molar-refractivity contribution in [2.24, 2.45) is 0 Å². The van der Waals surface area contributed by atoms with Crippen LogP contribution in [0.25, 0.3) is 0 Å². The molecule has 1 fully saturated rings. The number of amides is 3. The van der Waals surface area contributed by atoms with Crippen LogP contribution in [-0.2, 0) is 4.74 Å². The van der Waals surface area contributed by atoms with Gasteiger partial charge in [-0.05, 0) is 26.0 Å². The van der Waals surface area contributed by atoms with E-state index in [1.807, 2.05) is 31.2 Å². The van der Waals surface area contributed by atoms with Gasteiger partial charge in [-0.25, -0.2) is 9.59 Å². The monoisotopic (exact) mass is 335 g/mol. The van der Waals surface area contributed by atoms with Gasteiger partial charge in [0.1, 0.15) is 12.4 Å². The van der Waals surface area contributed by atoms with E-state index in [1.54, 1.807) is 16.7 Å². The lowest BCUT2D eigenvalue weighted by Gasteiger charge is -2.33. The maximum Gasteiger partial charge on any atom is 0.409 e. The average Bonchev–Trinajstić information content (AvgIpc) is 2.60. The van der Waals surface area contributed by atoms with Gasteiger partial charge in [0, 0.05) is 26.2 Å². The second-order valence-corrected chi connectivity index (χ2v) is 5.57. The van der Waals surface area contributed by atoms with Crippen molar-refractivity contribution in [2.75, 3.05) is 45.9 Å². The van der Waals surface area contributed by atoms with Crippen molar-refractivity contribution in [1.29, 1.82) is 0 Å². The second-order valence-electron chi connectivity index (χ2n) is 5.57. The number of carbonyl (C=O) groups is 2. The van der Waals surface area contributed by atoms with E-state index in [0.717, 1.165) is 5.75 Å². The van der Waals surface area contributed by atoms with Crippen LogP contribution in [0.5, 0.6) is 5.75 Å². The first-order chi connectivity index (χ1) is 11.6. The zero-order valence-corrected chi connectivity index (χ0v) is 14.3. The van der Waals surface area contributed by atoms with E-state index in [1.165, 1.54) is 5.56 Å². The number of rotatable bonds is 5. The van der Waals surface area contributed by atoms with Crippen molar-refractivity contribution in [3.8, 4) is 5.75 Å². The average molecular weight is 335 g/mol. The number of ether oxygens (including phenoxy) is 2. The zero-order chi connectivity index (χ0) is 17.4. The molecule has 3 amide bonds. The molecule has 0 saturated carbocycles. The summed E-state index contributed by atoms with van der Waals surface area (Å²) < 4.78 is 10.5. The minimum absolute atomic E-state index is 0.133. The van der Waals surface area contributed by atoms with Crippen LogP contribution in [0.4, 0.5) is 9.59 Å². The molecule has 1 heterocycles. The molecule has 0 unspecified atom stereocenters. The molecule has 1 saturated heterocycles. The highest BCUT2D eigenvalue weighted by molar-refractivity contribution is 5.75. The second kappa shape index (κ2) is 9.00. The molecule has 0 atom stereocenters. The van der Waals surface area contributed by atoms with Gasteiger partial charge in [0.25, 0.3) is 0 Å². The van der Waals surface area contributed by atoms with Crippen molar-refractivity contribution < 1.29 is 19.1 Å². The fraction of sp³-hybridized carbons (Fsp3) is 0.529. The number of nitrogens with zero attached hydrogens (tertiary/aromatic N) is 2. The highest BCUT2D eigenvalue weighted by Crippen LogP contribution is 2.10. The Bertz CT molecular complexity index is 539. The molecule has 1 aliphatic rings. The summed E-state index contributed by atoms with van der Waals surface area (Å²) in [6.45, 7) is 7.00. The molecule has 0 aliphatic carbocycles. The number of aryl methyl sites for hydroxylation is 1. The summed E-state index contributed by atoms with van der Waals surface area (Å²) in [7, 11) is 0. The standard InChI is InChI=1S/C17H25N3O4/c1-3-23-17(22)20-11-9-19(10-12-20)16(21)18-8-13-24-15-6-4-14(2)5-7-15/h4-7H,3,8-13H2,1-2H3,(H,18,21).